The van der Waals surface area contributed by atoms with Gasteiger partial charge in [0, 0.05) is 0 Å². The van der Waals surface area contributed by atoms with Crippen LogP contribution in [0.2, 0.25) is 0 Å². The van der Waals surface area contributed by atoms with E-state index in [1.807, 2.05) is 0 Å². The predicted molar refractivity (Wildman–Crippen MR) is 89.1 cm³/mol. The highest BCUT2D eigenvalue weighted by atomic mass is 19.3. The van der Waals surface area contributed by atoms with Crippen molar-refractivity contribution in [3.63, 3.8) is 0 Å². The summed E-state index contributed by atoms with van der Waals surface area (Å²) in [5.41, 5.74) is 2.85. The third-order valence-electron chi connectivity index (χ3n) is 3.77. The van der Waals surface area contributed by atoms with Gasteiger partial charge >= 0.3 is 0 Å². The molecule has 0 heterocycles. The van der Waals surface area contributed by atoms with Crippen molar-refractivity contribution in [3.8, 4) is 11.1 Å². The van der Waals surface area contributed by atoms with Crippen molar-refractivity contribution in [1.29, 1.82) is 0 Å². The first kappa shape index (κ1) is 17.9. The minimum atomic E-state index is -1.80. The fourth-order valence-electron chi connectivity index (χ4n) is 2.74. The molecule has 0 N–H and O–H groups in total. The Hall–Kier alpha value is -2.43. The predicted octanol–water partition coefficient (Wildman–Crippen LogP) is 6.29. The fourth-order valence-corrected chi connectivity index (χ4v) is 2.74. The molecule has 0 saturated carbocycles. The van der Waals surface area contributed by atoms with Crippen LogP contribution in [0.1, 0.15) is 23.1 Å². The smallest absolute Gasteiger partial charge is 0.264 e. The molecule has 0 saturated heterocycles. The maximum Gasteiger partial charge on any atom is 0.266 e. The summed E-state index contributed by atoms with van der Waals surface area (Å²) >= 11 is 0. The second-order valence-electron chi connectivity index (χ2n) is 5.58. The van der Waals surface area contributed by atoms with Crippen molar-refractivity contribution in [3.05, 3.63) is 64.7 Å². The first-order valence-electron chi connectivity index (χ1n) is 7.41. The molecule has 0 aliphatic heterocycles. The summed E-state index contributed by atoms with van der Waals surface area (Å²) in [4.78, 5) is 3.91. The molecule has 0 spiro atoms. The molecule has 0 aromatic heterocycles. The van der Waals surface area contributed by atoms with Crippen LogP contribution < -0.4 is 0 Å². The second-order valence-corrected chi connectivity index (χ2v) is 5.58. The molecule has 2 aromatic rings. The molecular weight excluding hydrogens is 318 g/mol. The lowest BCUT2D eigenvalue weighted by atomic mass is 9.96. The zero-order valence-corrected chi connectivity index (χ0v) is 13.5. The van der Waals surface area contributed by atoms with E-state index >= 15 is 0 Å². The minimum absolute atomic E-state index is 0.0263. The number of aryl methyl sites for hydroxylation is 3. The summed E-state index contributed by atoms with van der Waals surface area (Å²) in [6.07, 6.45) is -0.895. The number of hydrogen-bond acceptors (Lipinski definition) is 1. The number of allylic oxidation sites excluding steroid dienone is 1. The highest BCUT2D eigenvalue weighted by Gasteiger charge is 2.15. The molecule has 0 fully saturated rings. The summed E-state index contributed by atoms with van der Waals surface area (Å²) in [5.74, 6) is -1.43. The van der Waals surface area contributed by atoms with Gasteiger partial charge in [-0.15, -0.1) is 0 Å². The van der Waals surface area contributed by atoms with Crippen LogP contribution in [0.15, 0.2) is 41.4 Å². The summed E-state index contributed by atoms with van der Waals surface area (Å²) in [5, 5.41) is 0. The van der Waals surface area contributed by atoms with Gasteiger partial charge in [0.15, 0.2) is 0 Å². The Bertz CT molecular complexity index is 759. The quantitative estimate of drug-likeness (QED) is 0.449. The van der Waals surface area contributed by atoms with Crippen molar-refractivity contribution in [2.24, 2.45) is 4.99 Å². The van der Waals surface area contributed by atoms with Gasteiger partial charge in [-0.1, -0.05) is 0 Å². The molecule has 0 unspecified atom stereocenters. The van der Waals surface area contributed by atoms with Crippen molar-refractivity contribution < 1.29 is 17.6 Å². The molecule has 1 nitrogen and oxygen atoms in total. The average molecular weight is 335 g/mol. The second kappa shape index (κ2) is 7.43. The summed E-state index contributed by atoms with van der Waals surface area (Å²) in [6, 6.07) is 5.68. The highest BCUT2D eigenvalue weighted by Crippen LogP contribution is 2.33. The molecular formula is C19H17F4N. The molecule has 126 valence electrons. The van der Waals surface area contributed by atoms with Crippen molar-refractivity contribution in [1.82, 2.24) is 0 Å². The Balaban J connectivity index is 2.42. The van der Waals surface area contributed by atoms with Gasteiger partial charge in [-0.3, -0.25) is 4.99 Å². The van der Waals surface area contributed by atoms with Gasteiger partial charge in [-0.05, 0) is 86.0 Å². The molecule has 24 heavy (non-hydrogen) atoms. The van der Waals surface area contributed by atoms with E-state index in [9.17, 15) is 17.6 Å². The van der Waals surface area contributed by atoms with Crippen LogP contribution in [-0.4, -0.2) is 6.72 Å². The van der Waals surface area contributed by atoms with Gasteiger partial charge in [0.2, 0.25) is 0 Å². The Kier molecular flexibility index (Phi) is 5.54. The number of nitrogens with zero attached hydrogens (tertiary/aromatic N) is 1. The summed E-state index contributed by atoms with van der Waals surface area (Å²) in [6.45, 7) is 7.07. The van der Waals surface area contributed by atoms with Crippen LogP contribution in [0, 0.1) is 25.5 Å². The van der Waals surface area contributed by atoms with E-state index in [-0.39, 0.29) is 18.4 Å². The third-order valence-corrected chi connectivity index (χ3v) is 3.77. The van der Waals surface area contributed by atoms with E-state index in [0.717, 1.165) is 17.2 Å². The average Bonchev–Trinajstić information content (AvgIpc) is 2.45. The number of hydrogen-bond donors (Lipinski definition) is 0. The van der Waals surface area contributed by atoms with Gasteiger partial charge in [-0.2, -0.15) is 8.78 Å². The molecule has 2 rings (SSSR count). The molecule has 0 amide bonds. The first-order valence-corrected chi connectivity index (χ1v) is 7.41. The highest BCUT2D eigenvalue weighted by molar-refractivity contribution is 5.71. The fraction of sp³-hybridized carbons (Fsp3) is 0.211. The lowest BCUT2D eigenvalue weighted by molar-refractivity contribution is 0.417. The van der Waals surface area contributed by atoms with Crippen LogP contribution in [0.25, 0.3) is 11.1 Å². The number of aliphatic imine (C=N–C) groups is 1. The van der Waals surface area contributed by atoms with Gasteiger partial charge in [0.05, 0.1) is 11.3 Å². The Morgan fingerprint density at radius 1 is 1.04 bits per heavy atom. The number of rotatable bonds is 5. The standard InChI is InChI=1S/C19H17F4N/c1-11-7-14(8-12(2)19(11)24-3)18-15(20)9-13(10-16(18)21)5-4-6-17(22)23/h6-10H,3-5H2,1-2H3. The maximum atomic E-state index is 14.4. The van der Waals surface area contributed by atoms with Gasteiger partial charge in [0.1, 0.15) is 11.6 Å². The van der Waals surface area contributed by atoms with Crippen molar-refractivity contribution in [2.75, 3.05) is 0 Å². The van der Waals surface area contributed by atoms with E-state index in [2.05, 4.69) is 11.7 Å². The van der Waals surface area contributed by atoms with E-state index in [1.54, 1.807) is 26.0 Å². The summed E-state index contributed by atoms with van der Waals surface area (Å²) < 4.78 is 52.8. The Morgan fingerprint density at radius 3 is 2.04 bits per heavy atom. The number of benzene rings is 2. The molecule has 0 aliphatic rings. The van der Waals surface area contributed by atoms with Gasteiger partial charge in [0.25, 0.3) is 6.08 Å². The minimum Gasteiger partial charge on any atom is -0.264 e. The lowest BCUT2D eigenvalue weighted by Crippen LogP contribution is -1.96. The van der Waals surface area contributed by atoms with E-state index in [4.69, 9.17) is 0 Å². The molecule has 5 heteroatoms. The van der Waals surface area contributed by atoms with Crippen LogP contribution in [0.3, 0.4) is 0 Å². The van der Waals surface area contributed by atoms with Crippen molar-refractivity contribution in [2.45, 2.75) is 26.7 Å². The topological polar surface area (TPSA) is 12.4 Å². The SMILES string of the molecule is C=Nc1c(C)cc(-c2c(F)cc(CCC=C(F)F)cc2F)cc1C. The van der Waals surface area contributed by atoms with Crippen LogP contribution >= 0.6 is 0 Å². The van der Waals surface area contributed by atoms with Crippen LogP contribution in [0.4, 0.5) is 23.2 Å². The summed E-state index contributed by atoms with van der Waals surface area (Å²) in [7, 11) is 0. The largest absolute Gasteiger partial charge is 0.266 e. The molecule has 2 aromatic carbocycles. The molecule has 0 aliphatic carbocycles. The Labute approximate surface area is 138 Å². The zero-order valence-electron chi connectivity index (χ0n) is 13.5. The van der Waals surface area contributed by atoms with E-state index in [1.165, 1.54) is 12.1 Å². The lowest BCUT2D eigenvalue weighted by Gasteiger charge is -2.12. The molecule has 0 bridgehead atoms. The third kappa shape index (κ3) is 3.91. The molecule has 0 radical (unpaired) electrons. The maximum absolute atomic E-state index is 14.4. The van der Waals surface area contributed by atoms with Crippen LogP contribution in [0.5, 0.6) is 0 Å². The molecule has 0 atom stereocenters. The van der Waals surface area contributed by atoms with Gasteiger partial charge in [-0.25, -0.2) is 8.78 Å². The van der Waals surface area contributed by atoms with Crippen molar-refractivity contribution >= 4 is 12.4 Å². The first-order chi connectivity index (χ1) is 11.3. The van der Waals surface area contributed by atoms with E-state index in [0.29, 0.717) is 16.8 Å². The van der Waals surface area contributed by atoms with Gasteiger partial charge < -0.3 is 0 Å². The zero-order chi connectivity index (χ0) is 17.9. The monoisotopic (exact) mass is 335 g/mol. The Morgan fingerprint density at radius 2 is 1.58 bits per heavy atom. The van der Waals surface area contributed by atoms with E-state index < -0.39 is 17.7 Å². The normalized spacial score (nSPS) is 10.6. The van der Waals surface area contributed by atoms with Crippen LogP contribution in [-0.2, 0) is 6.42 Å². The number of halogens is 4.